The Labute approximate surface area is 165 Å². The summed E-state index contributed by atoms with van der Waals surface area (Å²) in [7, 11) is 1.19. The molecule has 2 aromatic heterocycles. The van der Waals surface area contributed by atoms with Gasteiger partial charge in [-0.05, 0) is 18.2 Å². The number of halogens is 3. The van der Waals surface area contributed by atoms with Gasteiger partial charge in [0, 0.05) is 24.7 Å². The first-order valence-corrected chi connectivity index (χ1v) is 8.12. The summed E-state index contributed by atoms with van der Waals surface area (Å²) in [5.74, 6) is -1.82. The summed E-state index contributed by atoms with van der Waals surface area (Å²) in [6, 6.07) is 4.85. The number of nitrogens with zero attached hydrogens (tertiary/aromatic N) is 3. The topological polar surface area (TPSA) is 151 Å². The van der Waals surface area contributed by atoms with Gasteiger partial charge in [-0.1, -0.05) is 0 Å². The van der Waals surface area contributed by atoms with Gasteiger partial charge < -0.3 is 15.5 Å². The van der Waals surface area contributed by atoms with Gasteiger partial charge in [0.2, 0.25) is 5.88 Å². The van der Waals surface area contributed by atoms with Crippen molar-refractivity contribution in [2.75, 3.05) is 7.05 Å². The molecule has 13 heteroatoms. The molecular formula is C17H13F3N6O4. The highest BCUT2D eigenvalue weighted by Gasteiger charge is 2.34. The Morgan fingerprint density at radius 2 is 2.03 bits per heavy atom. The largest absolute Gasteiger partial charge is 0.437 e. The Bertz CT molecular complexity index is 1170. The van der Waals surface area contributed by atoms with Crippen LogP contribution in [0.3, 0.4) is 0 Å². The zero-order chi connectivity index (χ0) is 22.2. The molecule has 3 rings (SSSR count). The van der Waals surface area contributed by atoms with Gasteiger partial charge >= 0.3 is 6.18 Å². The molecule has 0 bridgehead atoms. The summed E-state index contributed by atoms with van der Waals surface area (Å²) in [4.78, 5) is 29.7. The number of aromatic nitrogens is 2. The van der Waals surface area contributed by atoms with Crippen LogP contribution in [0.4, 0.5) is 18.9 Å². The van der Waals surface area contributed by atoms with Gasteiger partial charge in [0.1, 0.15) is 5.69 Å². The van der Waals surface area contributed by atoms with Crippen LogP contribution in [0.5, 0.6) is 11.6 Å². The Morgan fingerprint density at radius 3 is 2.63 bits per heavy atom. The van der Waals surface area contributed by atoms with Crippen molar-refractivity contribution >= 4 is 28.5 Å². The standard InChI is InChI=1S/C17H13F3N6O4/c1-25(16(21)22)15(27)11-7-9-10(17(18,19)20)2-3-12(14(9)24-11)30-13-6-8(26(28)29)4-5-23-13/h2-7,24H,1H3,(H3,21,22). The third-order valence-electron chi connectivity index (χ3n) is 4.10. The number of aromatic amines is 1. The number of nitrogens with two attached hydrogens (primary N) is 1. The molecule has 30 heavy (non-hydrogen) atoms. The minimum absolute atomic E-state index is 0.143. The van der Waals surface area contributed by atoms with E-state index in [9.17, 15) is 28.1 Å². The highest BCUT2D eigenvalue weighted by atomic mass is 19.4. The van der Waals surface area contributed by atoms with E-state index < -0.39 is 28.5 Å². The summed E-state index contributed by atoms with van der Waals surface area (Å²) >= 11 is 0. The van der Waals surface area contributed by atoms with Gasteiger partial charge in [-0.3, -0.25) is 25.2 Å². The zero-order valence-corrected chi connectivity index (χ0v) is 15.1. The molecule has 0 aliphatic carbocycles. The number of carbonyl (C=O) groups excluding carboxylic acids is 1. The van der Waals surface area contributed by atoms with Gasteiger partial charge in [-0.25, -0.2) is 4.98 Å². The van der Waals surface area contributed by atoms with Gasteiger partial charge in [0.15, 0.2) is 11.7 Å². The SMILES string of the molecule is CN(C(=N)N)C(=O)c1cc2c(C(F)(F)F)ccc(Oc3cc([N+](=O)[O-])ccn3)c2[nH]1. The molecule has 0 radical (unpaired) electrons. The first kappa shape index (κ1) is 20.6. The molecule has 1 aromatic carbocycles. The number of guanidine groups is 1. The van der Waals surface area contributed by atoms with Crippen LogP contribution in [-0.4, -0.2) is 38.7 Å². The molecule has 0 unspecified atom stereocenters. The Balaban J connectivity index is 2.14. The van der Waals surface area contributed by atoms with Crippen molar-refractivity contribution in [1.82, 2.24) is 14.9 Å². The van der Waals surface area contributed by atoms with Gasteiger partial charge in [0.25, 0.3) is 11.6 Å². The number of pyridine rings is 1. The van der Waals surface area contributed by atoms with Crippen LogP contribution in [-0.2, 0) is 6.18 Å². The predicted octanol–water partition coefficient (Wildman–Crippen LogP) is 3.25. The summed E-state index contributed by atoms with van der Waals surface area (Å²) in [5, 5.41) is 17.8. The number of ether oxygens (including phenoxy) is 1. The maximum Gasteiger partial charge on any atom is 0.417 e. The molecule has 0 aliphatic rings. The zero-order valence-electron chi connectivity index (χ0n) is 15.1. The van der Waals surface area contributed by atoms with E-state index in [1.165, 1.54) is 7.05 Å². The predicted molar refractivity (Wildman–Crippen MR) is 98.3 cm³/mol. The van der Waals surface area contributed by atoms with E-state index in [4.69, 9.17) is 15.9 Å². The van der Waals surface area contributed by atoms with Crippen LogP contribution in [0.25, 0.3) is 10.9 Å². The van der Waals surface area contributed by atoms with E-state index in [2.05, 4.69) is 9.97 Å². The van der Waals surface area contributed by atoms with Crippen LogP contribution >= 0.6 is 0 Å². The van der Waals surface area contributed by atoms with Gasteiger partial charge in [-0.2, -0.15) is 13.2 Å². The minimum Gasteiger partial charge on any atom is -0.437 e. The lowest BCUT2D eigenvalue weighted by Gasteiger charge is -2.12. The molecule has 156 valence electrons. The summed E-state index contributed by atoms with van der Waals surface area (Å²) in [6.45, 7) is 0. The second-order valence-corrected chi connectivity index (χ2v) is 6.04. The first-order chi connectivity index (χ1) is 14.0. The molecule has 0 spiro atoms. The van der Waals surface area contributed by atoms with Crippen LogP contribution in [0.1, 0.15) is 16.1 Å². The lowest BCUT2D eigenvalue weighted by molar-refractivity contribution is -0.385. The van der Waals surface area contributed by atoms with E-state index in [0.29, 0.717) is 0 Å². The Morgan fingerprint density at radius 1 is 1.33 bits per heavy atom. The Hall–Kier alpha value is -4.16. The molecule has 1 amide bonds. The summed E-state index contributed by atoms with van der Waals surface area (Å²) in [6.07, 6.45) is -3.62. The molecule has 0 fully saturated rings. The highest BCUT2D eigenvalue weighted by Crippen LogP contribution is 2.39. The van der Waals surface area contributed by atoms with E-state index >= 15 is 0 Å². The smallest absolute Gasteiger partial charge is 0.417 e. The number of hydrogen-bond acceptors (Lipinski definition) is 6. The van der Waals surface area contributed by atoms with Crippen molar-refractivity contribution in [3.63, 3.8) is 0 Å². The lowest BCUT2D eigenvalue weighted by Crippen LogP contribution is -2.38. The molecule has 10 nitrogen and oxygen atoms in total. The van der Waals surface area contributed by atoms with Crippen LogP contribution in [0.2, 0.25) is 0 Å². The first-order valence-electron chi connectivity index (χ1n) is 8.12. The summed E-state index contributed by atoms with van der Waals surface area (Å²) in [5.41, 5.74) is 3.44. The molecule has 0 atom stereocenters. The number of amides is 1. The fraction of sp³-hybridized carbons (Fsp3) is 0.118. The second-order valence-electron chi connectivity index (χ2n) is 6.04. The van der Waals surface area contributed by atoms with E-state index in [1.807, 2.05) is 0 Å². The van der Waals surface area contributed by atoms with Gasteiger partial charge in [-0.15, -0.1) is 0 Å². The third-order valence-corrected chi connectivity index (χ3v) is 4.10. The quantitative estimate of drug-likeness (QED) is 0.254. The summed E-state index contributed by atoms with van der Waals surface area (Å²) < 4.78 is 45.7. The molecule has 0 saturated heterocycles. The second kappa shape index (κ2) is 7.35. The maximum absolute atomic E-state index is 13.4. The van der Waals surface area contributed by atoms with Crippen molar-refractivity contribution in [3.8, 4) is 11.6 Å². The van der Waals surface area contributed by atoms with Crippen molar-refractivity contribution in [2.45, 2.75) is 6.18 Å². The minimum atomic E-state index is -4.73. The van der Waals surface area contributed by atoms with E-state index in [-0.39, 0.29) is 33.9 Å². The monoisotopic (exact) mass is 422 g/mol. The lowest BCUT2D eigenvalue weighted by atomic mass is 10.1. The fourth-order valence-corrected chi connectivity index (χ4v) is 2.61. The van der Waals surface area contributed by atoms with Crippen molar-refractivity contribution < 1.29 is 27.6 Å². The number of carbonyl (C=O) groups is 1. The average molecular weight is 422 g/mol. The number of H-pyrrole nitrogens is 1. The highest BCUT2D eigenvalue weighted by molar-refractivity contribution is 6.06. The molecule has 0 aliphatic heterocycles. The maximum atomic E-state index is 13.4. The van der Waals surface area contributed by atoms with Crippen molar-refractivity contribution in [1.29, 1.82) is 5.41 Å². The van der Waals surface area contributed by atoms with Crippen LogP contribution in [0, 0.1) is 15.5 Å². The fourth-order valence-electron chi connectivity index (χ4n) is 2.61. The van der Waals surface area contributed by atoms with Crippen molar-refractivity contribution in [2.24, 2.45) is 5.73 Å². The van der Waals surface area contributed by atoms with Crippen LogP contribution in [0.15, 0.2) is 36.5 Å². The molecule has 0 saturated carbocycles. The van der Waals surface area contributed by atoms with Gasteiger partial charge in [0.05, 0.1) is 22.1 Å². The number of benzene rings is 1. The number of alkyl halides is 3. The van der Waals surface area contributed by atoms with Crippen LogP contribution < -0.4 is 10.5 Å². The number of hydrogen-bond donors (Lipinski definition) is 3. The number of rotatable bonds is 4. The number of nitrogens with one attached hydrogen (secondary N) is 2. The van der Waals surface area contributed by atoms with Crippen molar-refractivity contribution in [3.05, 3.63) is 57.9 Å². The average Bonchev–Trinajstić information content (AvgIpc) is 3.11. The third kappa shape index (κ3) is 3.85. The molecular weight excluding hydrogens is 409 g/mol. The van der Waals surface area contributed by atoms with E-state index in [1.54, 1.807) is 0 Å². The molecule has 2 heterocycles. The van der Waals surface area contributed by atoms with E-state index in [0.717, 1.165) is 41.4 Å². The molecule has 4 N–H and O–H groups in total. The normalized spacial score (nSPS) is 11.3. The number of nitro groups is 1. The molecule has 3 aromatic rings. The Kier molecular flexibility index (Phi) is 5.04. The number of fused-ring (bicyclic) bond motifs is 1.